The molecule has 0 bridgehead atoms. The van der Waals surface area contributed by atoms with E-state index >= 15 is 0 Å². The van der Waals surface area contributed by atoms with E-state index in [1.807, 2.05) is 12.1 Å². The first-order valence-corrected chi connectivity index (χ1v) is 6.62. The van der Waals surface area contributed by atoms with Crippen molar-refractivity contribution in [3.8, 4) is 22.4 Å². The van der Waals surface area contributed by atoms with Gasteiger partial charge in [-0.1, -0.05) is 6.07 Å². The number of hydrogen-bond acceptors (Lipinski definition) is 4. The van der Waals surface area contributed by atoms with Crippen molar-refractivity contribution in [3.63, 3.8) is 0 Å². The van der Waals surface area contributed by atoms with Crippen molar-refractivity contribution < 1.29 is 4.39 Å². The molecule has 0 saturated heterocycles. The van der Waals surface area contributed by atoms with Gasteiger partial charge >= 0.3 is 0 Å². The van der Waals surface area contributed by atoms with Crippen LogP contribution in [0.1, 0.15) is 0 Å². The third kappa shape index (κ3) is 1.76. The molecule has 6 nitrogen and oxygen atoms in total. The van der Waals surface area contributed by atoms with E-state index in [-0.39, 0.29) is 5.82 Å². The van der Waals surface area contributed by atoms with Crippen molar-refractivity contribution >= 4 is 16.7 Å². The molecule has 0 aliphatic heterocycles. The van der Waals surface area contributed by atoms with Gasteiger partial charge in [0.1, 0.15) is 11.3 Å². The summed E-state index contributed by atoms with van der Waals surface area (Å²) in [7, 11) is 0. The van der Waals surface area contributed by atoms with Gasteiger partial charge in [0, 0.05) is 23.3 Å². The predicted molar refractivity (Wildman–Crippen MR) is 81.3 cm³/mol. The molecule has 3 aromatic heterocycles. The minimum atomic E-state index is -0.358. The van der Waals surface area contributed by atoms with E-state index in [2.05, 4.69) is 25.4 Å². The zero-order valence-electron chi connectivity index (χ0n) is 11.3. The molecular weight excluding hydrogens is 283 g/mol. The molecule has 0 fully saturated rings. The van der Waals surface area contributed by atoms with Crippen LogP contribution in [-0.2, 0) is 0 Å². The average molecular weight is 294 g/mol. The number of nitrogen functional groups attached to an aromatic ring is 1. The number of H-pyrrole nitrogens is 2. The minimum Gasteiger partial charge on any atom is -0.382 e. The highest BCUT2D eigenvalue weighted by atomic mass is 19.1. The first-order valence-electron chi connectivity index (χ1n) is 6.62. The zero-order chi connectivity index (χ0) is 15.1. The Hall–Kier alpha value is -3.22. The number of nitrogens with zero attached hydrogens (tertiary/aromatic N) is 3. The quantitative estimate of drug-likeness (QED) is 0.529. The summed E-state index contributed by atoms with van der Waals surface area (Å²) in [6, 6.07) is 6.77. The van der Waals surface area contributed by atoms with Crippen LogP contribution in [0.3, 0.4) is 0 Å². The van der Waals surface area contributed by atoms with Crippen molar-refractivity contribution in [2.45, 2.75) is 0 Å². The van der Waals surface area contributed by atoms with Crippen LogP contribution in [0.15, 0.2) is 42.9 Å². The topological polar surface area (TPSA) is 96.3 Å². The van der Waals surface area contributed by atoms with Crippen LogP contribution in [0.25, 0.3) is 33.3 Å². The Morgan fingerprint density at radius 2 is 1.86 bits per heavy atom. The zero-order valence-corrected chi connectivity index (χ0v) is 11.3. The maximum Gasteiger partial charge on any atom is 0.153 e. The maximum absolute atomic E-state index is 13.8. The second-order valence-corrected chi connectivity index (χ2v) is 4.85. The molecular formula is C15H11FN6. The van der Waals surface area contributed by atoms with Crippen LogP contribution in [0.5, 0.6) is 0 Å². The van der Waals surface area contributed by atoms with Crippen LogP contribution in [-0.4, -0.2) is 25.4 Å². The Morgan fingerprint density at radius 3 is 2.68 bits per heavy atom. The molecule has 0 aliphatic carbocycles. The number of halogens is 1. The van der Waals surface area contributed by atoms with E-state index in [0.29, 0.717) is 16.7 Å². The highest BCUT2D eigenvalue weighted by Gasteiger charge is 2.18. The Bertz CT molecular complexity index is 957. The molecule has 108 valence electrons. The van der Waals surface area contributed by atoms with Gasteiger partial charge in [0.15, 0.2) is 5.82 Å². The number of fused-ring (bicyclic) bond motifs is 1. The number of nitrogens with two attached hydrogens (primary N) is 1. The van der Waals surface area contributed by atoms with E-state index < -0.39 is 0 Å². The summed E-state index contributed by atoms with van der Waals surface area (Å²) in [6.07, 6.45) is 4.96. The Morgan fingerprint density at radius 1 is 1.05 bits per heavy atom. The molecule has 4 N–H and O–H groups in total. The van der Waals surface area contributed by atoms with Crippen molar-refractivity contribution in [2.75, 3.05) is 5.73 Å². The second-order valence-electron chi connectivity index (χ2n) is 4.85. The largest absolute Gasteiger partial charge is 0.382 e. The van der Waals surface area contributed by atoms with Crippen LogP contribution in [0, 0.1) is 5.82 Å². The molecule has 1 aromatic carbocycles. The molecule has 0 aliphatic rings. The van der Waals surface area contributed by atoms with Crippen molar-refractivity contribution in [1.29, 1.82) is 0 Å². The first kappa shape index (κ1) is 12.5. The molecule has 22 heavy (non-hydrogen) atoms. The van der Waals surface area contributed by atoms with E-state index in [1.165, 1.54) is 6.07 Å². The van der Waals surface area contributed by atoms with Crippen molar-refractivity contribution in [1.82, 2.24) is 25.4 Å². The highest BCUT2D eigenvalue weighted by molar-refractivity contribution is 6.01. The first-order chi connectivity index (χ1) is 10.8. The average Bonchev–Trinajstić information content (AvgIpc) is 3.17. The molecule has 0 unspecified atom stereocenters. The van der Waals surface area contributed by atoms with Gasteiger partial charge in [-0.25, -0.2) is 4.39 Å². The van der Waals surface area contributed by atoms with Crippen LogP contribution in [0.2, 0.25) is 0 Å². The van der Waals surface area contributed by atoms with E-state index in [0.717, 1.165) is 22.4 Å². The smallest absolute Gasteiger partial charge is 0.153 e. The number of benzene rings is 1. The maximum atomic E-state index is 13.8. The number of anilines is 1. The lowest BCUT2D eigenvalue weighted by molar-refractivity contribution is 0.636. The molecule has 0 radical (unpaired) electrons. The van der Waals surface area contributed by atoms with Gasteiger partial charge in [-0.05, 0) is 23.8 Å². The van der Waals surface area contributed by atoms with Gasteiger partial charge < -0.3 is 5.73 Å². The normalized spacial score (nSPS) is 11.1. The van der Waals surface area contributed by atoms with Crippen molar-refractivity contribution in [3.05, 3.63) is 48.7 Å². The summed E-state index contributed by atoms with van der Waals surface area (Å²) >= 11 is 0. The fourth-order valence-corrected chi connectivity index (χ4v) is 2.58. The number of pyridine rings is 1. The summed E-state index contributed by atoms with van der Waals surface area (Å²) < 4.78 is 13.8. The van der Waals surface area contributed by atoms with Crippen LogP contribution < -0.4 is 5.73 Å². The third-order valence-electron chi connectivity index (χ3n) is 3.60. The second kappa shape index (κ2) is 4.66. The summed E-state index contributed by atoms with van der Waals surface area (Å²) in [5.41, 5.74) is 9.52. The lowest BCUT2D eigenvalue weighted by Gasteiger charge is -2.06. The van der Waals surface area contributed by atoms with E-state index in [1.54, 1.807) is 24.7 Å². The third-order valence-corrected chi connectivity index (χ3v) is 3.60. The molecule has 0 spiro atoms. The fourth-order valence-electron chi connectivity index (χ4n) is 2.58. The lowest BCUT2D eigenvalue weighted by atomic mass is 9.98. The summed E-state index contributed by atoms with van der Waals surface area (Å²) in [5.74, 6) is -0.00954. The van der Waals surface area contributed by atoms with Gasteiger partial charge in [-0.2, -0.15) is 10.2 Å². The summed E-state index contributed by atoms with van der Waals surface area (Å²) in [5, 5.41) is 14.3. The Balaban J connectivity index is 2.02. The monoisotopic (exact) mass is 294 g/mol. The summed E-state index contributed by atoms with van der Waals surface area (Å²) in [6.45, 7) is 0. The Kier molecular flexibility index (Phi) is 2.65. The molecule has 0 atom stereocenters. The van der Waals surface area contributed by atoms with Gasteiger partial charge in [-0.3, -0.25) is 15.2 Å². The molecule has 4 aromatic rings. The minimum absolute atomic E-state index is 0.346. The van der Waals surface area contributed by atoms with Gasteiger partial charge in [-0.15, -0.1) is 0 Å². The molecule has 4 rings (SSSR count). The predicted octanol–water partition coefficient (Wildman–Crippen LogP) is 2.74. The molecule has 0 saturated carbocycles. The number of rotatable bonds is 2. The van der Waals surface area contributed by atoms with E-state index in [9.17, 15) is 4.39 Å². The molecule has 0 amide bonds. The standard InChI is InChI=1S/C15H11FN6/c16-11-2-1-9(10-7-19-20-14(10)11)12-13(21-22-15(12)17)8-3-5-18-6-4-8/h1-7H,(H,19,20)(H3,17,21,22). The molecule has 7 heteroatoms. The highest BCUT2D eigenvalue weighted by Crippen LogP contribution is 2.38. The van der Waals surface area contributed by atoms with E-state index in [4.69, 9.17) is 5.73 Å². The fraction of sp³-hybridized carbons (Fsp3) is 0. The van der Waals surface area contributed by atoms with Crippen LogP contribution in [0.4, 0.5) is 10.2 Å². The van der Waals surface area contributed by atoms with Crippen LogP contribution >= 0.6 is 0 Å². The molecule has 3 heterocycles. The van der Waals surface area contributed by atoms with Gasteiger partial charge in [0.2, 0.25) is 0 Å². The lowest BCUT2D eigenvalue weighted by Crippen LogP contribution is -1.90. The Labute approximate surface area is 124 Å². The number of nitrogens with one attached hydrogen (secondary N) is 2. The summed E-state index contributed by atoms with van der Waals surface area (Å²) in [4.78, 5) is 4.00. The SMILES string of the molecule is Nc1n[nH]c(-c2ccncc2)c1-c1ccc(F)c2[nH]ncc12. The van der Waals surface area contributed by atoms with Gasteiger partial charge in [0.25, 0.3) is 0 Å². The number of hydrogen-bond donors (Lipinski definition) is 3. The number of aromatic nitrogens is 5. The van der Waals surface area contributed by atoms with Crippen molar-refractivity contribution in [2.24, 2.45) is 0 Å². The van der Waals surface area contributed by atoms with Gasteiger partial charge in [0.05, 0.1) is 17.5 Å². The number of aromatic amines is 2.